The summed E-state index contributed by atoms with van der Waals surface area (Å²) >= 11 is 0. The van der Waals surface area contributed by atoms with Crippen LogP contribution in [0.2, 0.25) is 0 Å². The maximum atomic E-state index is 12.6. The molecule has 33 heteroatoms. The first-order chi connectivity index (χ1) is 34.4. The molecule has 33 nitrogen and oxygen atoms in total. The molecule has 5 heterocycles. The van der Waals surface area contributed by atoms with E-state index < -0.39 is 236 Å². The zero-order chi connectivity index (χ0) is 54.3. The zero-order valence-corrected chi connectivity index (χ0v) is 39.1. The van der Waals surface area contributed by atoms with Crippen LogP contribution in [0.15, 0.2) is 0 Å². The van der Waals surface area contributed by atoms with Gasteiger partial charge in [-0.15, -0.1) is 0 Å². The Bertz CT molecular complexity index is 1700. The maximum Gasteiger partial charge on any atom is 0.217 e. The van der Waals surface area contributed by atoms with Gasteiger partial charge < -0.3 is 155 Å². The molecule has 0 radical (unpaired) electrons. The molecule has 5 rings (SSSR count). The second kappa shape index (κ2) is 27.4. The molecule has 0 aromatic heterocycles. The van der Waals surface area contributed by atoms with Gasteiger partial charge >= 0.3 is 0 Å². The minimum absolute atomic E-state index is 0.815. The summed E-state index contributed by atoms with van der Waals surface area (Å²) in [6, 6.07) is -3.60. The Morgan fingerprint density at radius 1 is 0.438 bits per heavy atom. The van der Waals surface area contributed by atoms with Crippen molar-refractivity contribution in [3.05, 3.63) is 0 Å². The molecule has 0 aliphatic carbocycles. The van der Waals surface area contributed by atoms with Crippen molar-refractivity contribution in [1.82, 2.24) is 10.6 Å². The van der Waals surface area contributed by atoms with Gasteiger partial charge in [-0.2, -0.15) is 0 Å². The van der Waals surface area contributed by atoms with Gasteiger partial charge in [-0.3, -0.25) is 9.59 Å². The predicted octanol–water partition coefficient (Wildman–Crippen LogP) is -14.2. The summed E-state index contributed by atoms with van der Waals surface area (Å²) in [6.07, 6.45) is -52.5. The fourth-order valence-electron chi connectivity index (χ4n) is 8.71. The second-order valence-electron chi connectivity index (χ2n) is 18.1. The summed E-state index contributed by atoms with van der Waals surface area (Å²) in [6.45, 7) is -4.84. The van der Waals surface area contributed by atoms with Gasteiger partial charge in [-0.25, -0.2) is 0 Å². The summed E-state index contributed by atoms with van der Waals surface area (Å²) in [5.74, 6) is -1.73. The maximum absolute atomic E-state index is 12.6. The zero-order valence-electron chi connectivity index (χ0n) is 39.1. The van der Waals surface area contributed by atoms with Crippen LogP contribution in [0.1, 0.15) is 13.8 Å². The highest BCUT2D eigenvalue weighted by molar-refractivity contribution is 5.73. The van der Waals surface area contributed by atoms with Crippen LogP contribution in [0.3, 0.4) is 0 Å². The molecule has 73 heavy (non-hydrogen) atoms. The van der Waals surface area contributed by atoms with Crippen molar-refractivity contribution in [3.63, 3.8) is 0 Å². The number of aliphatic hydroxyl groups excluding tert-OH is 19. The van der Waals surface area contributed by atoms with E-state index in [-0.39, 0.29) is 0 Å². The minimum atomic E-state index is -2.29. The lowest BCUT2D eigenvalue weighted by Crippen LogP contribution is -2.70. The number of hydrogen-bond donors (Lipinski definition) is 21. The largest absolute Gasteiger partial charge is 0.394 e. The Labute approximate surface area is 414 Å². The Hall–Kier alpha value is -2.22. The normalized spacial score (nSPS) is 45.2. The number of ether oxygens (including phenoxy) is 10. The van der Waals surface area contributed by atoms with Crippen molar-refractivity contribution < 1.29 is 154 Å². The SMILES string of the molecule is CC(=O)N[C@H]1[C@H](O[C@@H]([C@@H](O)[C@H](O)CO)[C@@H](O)CO)O[C@H](CO[C@H]2O[C@H](CO)[C@H](O)[C@H](O)[C@H]2O)[C@@H](O[C@@H]2O[C@H](CO)[C@H](O)[C@H](O[C@@H]3O[C@H](CO[C@H]4O[C@H](CO)[C@H](O)[C@H](O)[C@H]4O)[C@@H](O)[C@H](O)[C@H]3NC(C)=O)[C@H]2O)[C@@H]1O. The highest BCUT2D eigenvalue weighted by Gasteiger charge is 2.56. The first-order valence-electron chi connectivity index (χ1n) is 23.0. The van der Waals surface area contributed by atoms with E-state index in [4.69, 9.17) is 47.4 Å². The monoisotopic (exact) mass is 1070 g/mol. The molecular formula is C40H70N2O31. The second-order valence-corrected chi connectivity index (χ2v) is 18.1. The number of aliphatic hydroxyl groups is 19. The summed E-state index contributed by atoms with van der Waals surface area (Å²) in [4.78, 5) is 24.9. The van der Waals surface area contributed by atoms with Crippen LogP contribution in [0.5, 0.6) is 0 Å². The van der Waals surface area contributed by atoms with Gasteiger partial charge in [-0.1, -0.05) is 0 Å². The Morgan fingerprint density at radius 2 is 0.849 bits per heavy atom. The number of carbonyl (C=O) groups excluding carboxylic acids is 2. The quantitative estimate of drug-likeness (QED) is 0.0479. The molecule has 0 aromatic carbocycles. The minimum Gasteiger partial charge on any atom is -0.394 e. The molecule has 0 saturated carbocycles. The lowest BCUT2D eigenvalue weighted by Gasteiger charge is -2.50. The highest BCUT2D eigenvalue weighted by atomic mass is 16.8. The molecule has 5 aliphatic heterocycles. The van der Waals surface area contributed by atoms with Gasteiger partial charge in [0.1, 0.15) is 146 Å². The predicted molar refractivity (Wildman–Crippen MR) is 225 cm³/mol. The van der Waals surface area contributed by atoms with Crippen LogP contribution in [-0.4, -0.2) is 333 Å². The number of amides is 2. The van der Waals surface area contributed by atoms with Gasteiger partial charge in [0.05, 0.1) is 46.2 Å². The standard InChI is InChI=1S/C40H70N2O31/c1-10(48)41-19-26(57)24(55)17(8-64-38-30(61)28(59)22(53)14(5-45)66-38)69-36(19)73-35-25(56)16(7-47)68-40(32(35)63)72-34-18(9-65-39-31(62)29(60)23(54)15(6-46)67-39)70-37(20(27(34)58)42-11(2)49)71-33(13(51)4-44)21(52)12(50)3-43/h12-40,43-47,50-63H,3-9H2,1-2H3,(H,41,48)(H,42,49)/t12-,13+,14-,15-,16-,17-,18-,19-,20-,21+,22+,23+,24-,25+,26-,27-,28+,29+,30-,31-,32-,33-,34-,35+,36+,37+,38+,39+,40+/m1/s1. The van der Waals surface area contributed by atoms with E-state index in [2.05, 4.69) is 10.6 Å². The first-order valence-corrected chi connectivity index (χ1v) is 23.0. The number of nitrogens with one attached hydrogen (secondary N) is 2. The molecule has 426 valence electrons. The van der Waals surface area contributed by atoms with Crippen LogP contribution in [0.4, 0.5) is 0 Å². The molecule has 0 unspecified atom stereocenters. The molecule has 5 saturated heterocycles. The molecule has 21 N–H and O–H groups in total. The lowest BCUT2D eigenvalue weighted by molar-refractivity contribution is -0.377. The number of rotatable bonds is 22. The molecule has 0 aromatic rings. The van der Waals surface area contributed by atoms with Crippen LogP contribution < -0.4 is 10.6 Å². The summed E-state index contributed by atoms with van der Waals surface area (Å²) in [5.41, 5.74) is 0. The molecular weight excluding hydrogens is 1000 g/mol. The Balaban J connectivity index is 1.46. The van der Waals surface area contributed by atoms with Crippen molar-refractivity contribution in [2.75, 3.05) is 46.2 Å². The van der Waals surface area contributed by atoms with E-state index in [1.165, 1.54) is 0 Å². The van der Waals surface area contributed by atoms with E-state index in [1.807, 2.05) is 0 Å². The topological polar surface area (TPSA) is 535 Å². The Morgan fingerprint density at radius 3 is 1.33 bits per heavy atom. The molecule has 0 bridgehead atoms. The fraction of sp³-hybridized carbons (Fsp3) is 0.950. The summed E-state index contributed by atoms with van der Waals surface area (Å²) in [5, 5.41) is 205. The van der Waals surface area contributed by atoms with Crippen molar-refractivity contribution in [1.29, 1.82) is 0 Å². The average molecular weight is 1070 g/mol. The van der Waals surface area contributed by atoms with Crippen molar-refractivity contribution in [2.45, 2.75) is 192 Å². The van der Waals surface area contributed by atoms with E-state index in [1.54, 1.807) is 0 Å². The van der Waals surface area contributed by atoms with Crippen LogP contribution in [0, 0.1) is 0 Å². The van der Waals surface area contributed by atoms with Crippen molar-refractivity contribution in [2.24, 2.45) is 0 Å². The molecule has 29 atom stereocenters. The van der Waals surface area contributed by atoms with Crippen LogP contribution >= 0.6 is 0 Å². The van der Waals surface area contributed by atoms with Gasteiger partial charge in [0.2, 0.25) is 11.8 Å². The summed E-state index contributed by atoms with van der Waals surface area (Å²) < 4.78 is 57.2. The molecule has 5 aliphatic rings. The van der Waals surface area contributed by atoms with E-state index in [0.717, 1.165) is 13.8 Å². The average Bonchev–Trinajstić information content (AvgIpc) is 3.36. The smallest absolute Gasteiger partial charge is 0.217 e. The summed E-state index contributed by atoms with van der Waals surface area (Å²) in [7, 11) is 0. The van der Waals surface area contributed by atoms with E-state index in [9.17, 15) is 107 Å². The first kappa shape index (κ1) is 61.6. The van der Waals surface area contributed by atoms with Crippen LogP contribution in [-0.2, 0) is 57.0 Å². The van der Waals surface area contributed by atoms with Gasteiger partial charge in [0.25, 0.3) is 0 Å². The number of carbonyl (C=O) groups is 2. The lowest BCUT2D eigenvalue weighted by atomic mass is 9.94. The third-order valence-electron chi connectivity index (χ3n) is 12.8. The highest BCUT2D eigenvalue weighted by Crippen LogP contribution is 2.35. The van der Waals surface area contributed by atoms with E-state index in [0.29, 0.717) is 0 Å². The van der Waals surface area contributed by atoms with E-state index >= 15 is 0 Å². The molecule has 0 spiro atoms. The van der Waals surface area contributed by atoms with Crippen LogP contribution in [0.25, 0.3) is 0 Å². The van der Waals surface area contributed by atoms with Crippen molar-refractivity contribution in [3.8, 4) is 0 Å². The Kier molecular flexibility index (Phi) is 23.1. The fourth-order valence-corrected chi connectivity index (χ4v) is 8.71. The van der Waals surface area contributed by atoms with Crippen molar-refractivity contribution >= 4 is 11.8 Å². The number of hydrogen-bond acceptors (Lipinski definition) is 31. The molecule has 5 fully saturated rings. The van der Waals surface area contributed by atoms with Gasteiger partial charge in [0, 0.05) is 13.8 Å². The third kappa shape index (κ3) is 14.3. The molecule has 2 amide bonds. The third-order valence-corrected chi connectivity index (χ3v) is 12.8. The van der Waals surface area contributed by atoms with Gasteiger partial charge in [0.15, 0.2) is 31.5 Å². The van der Waals surface area contributed by atoms with Gasteiger partial charge in [-0.05, 0) is 0 Å².